The Labute approximate surface area is 159 Å². The van der Waals surface area contributed by atoms with E-state index in [0.717, 1.165) is 24.2 Å². The van der Waals surface area contributed by atoms with Gasteiger partial charge < -0.3 is 9.64 Å². The number of hydrogen-bond donors (Lipinski definition) is 0. The van der Waals surface area contributed by atoms with E-state index >= 15 is 0 Å². The third-order valence-electron chi connectivity index (χ3n) is 5.02. The molecule has 3 rings (SSSR count). The van der Waals surface area contributed by atoms with E-state index in [0.29, 0.717) is 18.8 Å². The van der Waals surface area contributed by atoms with Crippen molar-refractivity contribution >= 4 is 5.91 Å². The number of piperidine rings is 1. The highest BCUT2D eigenvalue weighted by atomic mass is 16.5. The highest BCUT2D eigenvalue weighted by Crippen LogP contribution is 2.26. The van der Waals surface area contributed by atoms with Gasteiger partial charge in [0.15, 0.2) is 6.61 Å². The molecule has 1 atom stereocenters. The van der Waals surface area contributed by atoms with Gasteiger partial charge in [-0.1, -0.05) is 17.7 Å². The molecule has 7 heteroatoms. The minimum Gasteiger partial charge on any atom is -0.484 e. The number of carbonyl (C=O) groups is 1. The Morgan fingerprint density at radius 3 is 2.67 bits per heavy atom. The van der Waals surface area contributed by atoms with E-state index in [9.17, 15) is 9.59 Å². The molecule has 7 nitrogen and oxygen atoms in total. The molecular weight excluding hydrogens is 344 g/mol. The number of nitrogens with zero attached hydrogens (tertiary/aromatic N) is 4. The van der Waals surface area contributed by atoms with Crippen LogP contribution in [0.15, 0.2) is 29.1 Å². The Morgan fingerprint density at radius 2 is 2.00 bits per heavy atom. The Bertz CT molecular complexity index is 851. The van der Waals surface area contributed by atoms with Gasteiger partial charge in [0.2, 0.25) is 0 Å². The van der Waals surface area contributed by atoms with E-state index in [4.69, 9.17) is 4.74 Å². The lowest BCUT2D eigenvalue weighted by molar-refractivity contribution is -0.134. The molecule has 2 aromatic rings. The Kier molecular flexibility index (Phi) is 5.68. The van der Waals surface area contributed by atoms with Gasteiger partial charge in [0.1, 0.15) is 11.6 Å². The highest BCUT2D eigenvalue weighted by molar-refractivity contribution is 5.78. The summed E-state index contributed by atoms with van der Waals surface area (Å²) < 4.78 is 8.76. The van der Waals surface area contributed by atoms with Gasteiger partial charge in [-0.15, -0.1) is 0 Å². The van der Waals surface area contributed by atoms with Crippen molar-refractivity contribution in [1.29, 1.82) is 0 Å². The summed E-state index contributed by atoms with van der Waals surface area (Å²) >= 11 is 0. The zero-order valence-corrected chi connectivity index (χ0v) is 16.5. The first-order chi connectivity index (χ1) is 12.9. The summed E-state index contributed by atoms with van der Waals surface area (Å²) in [7, 11) is 1.67. The fourth-order valence-corrected chi connectivity index (χ4v) is 3.55. The lowest BCUT2D eigenvalue weighted by atomic mass is 9.97. The molecule has 1 aromatic carbocycles. The lowest BCUT2D eigenvalue weighted by Crippen LogP contribution is -2.42. The van der Waals surface area contributed by atoms with Crippen molar-refractivity contribution in [3.05, 3.63) is 46.1 Å². The van der Waals surface area contributed by atoms with Gasteiger partial charge in [-0.2, -0.15) is 5.10 Å². The van der Waals surface area contributed by atoms with Gasteiger partial charge >= 0.3 is 5.69 Å². The summed E-state index contributed by atoms with van der Waals surface area (Å²) in [4.78, 5) is 26.8. The largest absolute Gasteiger partial charge is 0.484 e. The predicted octanol–water partition coefficient (Wildman–Crippen LogP) is 2.26. The molecule has 1 amide bonds. The molecule has 2 heterocycles. The van der Waals surface area contributed by atoms with Crippen LogP contribution < -0.4 is 10.4 Å². The molecule has 1 fully saturated rings. The first kappa shape index (κ1) is 19.2. The van der Waals surface area contributed by atoms with Crippen LogP contribution in [0.4, 0.5) is 0 Å². The van der Waals surface area contributed by atoms with Crippen molar-refractivity contribution in [1.82, 2.24) is 19.2 Å². The summed E-state index contributed by atoms with van der Waals surface area (Å²) in [6, 6.07) is 7.71. The third kappa shape index (κ3) is 4.23. The van der Waals surface area contributed by atoms with Gasteiger partial charge in [0, 0.05) is 32.1 Å². The van der Waals surface area contributed by atoms with Gasteiger partial charge in [0.25, 0.3) is 5.91 Å². The highest BCUT2D eigenvalue weighted by Gasteiger charge is 2.30. The van der Waals surface area contributed by atoms with Crippen LogP contribution in [0.3, 0.4) is 0 Å². The van der Waals surface area contributed by atoms with Crippen molar-refractivity contribution in [3.8, 4) is 5.75 Å². The minimum absolute atomic E-state index is 0.0228. The fourth-order valence-electron chi connectivity index (χ4n) is 3.55. The molecule has 0 radical (unpaired) electrons. The number of ether oxygens (including phenoxy) is 1. The maximum Gasteiger partial charge on any atom is 0.345 e. The van der Waals surface area contributed by atoms with E-state index in [1.807, 2.05) is 49.9 Å². The minimum atomic E-state index is -0.105. The Hall–Kier alpha value is -2.57. The van der Waals surface area contributed by atoms with E-state index in [2.05, 4.69) is 5.10 Å². The van der Waals surface area contributed by atoms with Crippen LogP contribution in [0, 0.1) is 6.92 Å². The maximum atomic E-state index is 12.6. The average molecular weight is 372 g/mol. The van der Waals surface area contributed by atoms with Crippen LogP contribution in [-0.2, 0) is 11.8 Å². The number of benzene rings is 1. The number of aryl methyl sites for hydroxylation is 2. The van der Waals surface area contributed by atoms with Crippen LogP contribution in [0.25, 0.3) is 0 Å². The molecule has 1 saturated heterocycles. The smallest absolute Gasteiger partial charge is 0.345 e. The van der Waals surface area contributed by atoms with Crippen molar-refractivity contribution < 1.29 is 9.53 Å². The summed E-state index contributed by atoms with van der Waals surface area (Å²) in [5.41, 5.74) is 1.05. The number of rotatable bonds is 5. The molecule has 1 unspecified atom stereocenters. The molecule has 0 N–H and O–H groups in total. The summed E-state index contributed by atoms with van der Waals surface area (Å²) in [5, 5.41) is 4.45. The van der Waals surface area contributed by atoms with Crippen LogP contribution in [0.5, 0.6) is 5.75 Å². The van der Waals surface area contributed by atoms with Gasteiger partial charge in [-0.25, -0.2) is 9.48 Å². The van der Waals surface area contributed by atoms with Gasteiger partial charge in [-0.05, 0) is 45.7 Å². The lowest BCUT2D eigenvalue weighted by Gasteiger charge is -2.32. The monoisotopic (exact) mass is 372 g/mol. The normalized spacial score (nSPS) is 17.4. The van der Waals surface area contributed by atoms with Crippen molar-refractivity contribution in [2.75, 3.05) is 19.7 Å². The zero-order chi connectivity index (χ0) is 19.6. The van der Waals surface area contributed by atoms with E-state index in [1.165, 1.54) is 4.68 Å². The molecule has 0 bridgehead atoms. The van der Waals surface area contributed by atoms with Crippen LogP contribution in [0.2, 0.25) is 0 Å². The van der Waals surface area contributed by atoms with Gasteiger partial charge in [0.05, 0.1) is 0 Å². The third-order valence-corrected chi connectivity index (χ3v) is 5.02. The number of aromatic nitrogens is 3. The molecule has 146 valence electrons. The average Bonchev–Trinajstić information content (AvgIpc) is 2.96. The van der Waals surface area contributed by atoms with E-state index in [1.54, 1.807) is 11.6 Å². The summed E-state index contributed by atoms with van der Waals surface area (Å²) in [6.45, 7) is 7.28. The SMILES string of the molecule is Cc1ccc(OCC(=O)N2CCCC(c3nn(C)c(=O)n3C(C)C)C2)cc1. The zero-order valence-electron chi connectivity index (χ0n) is 16.5. The quantitative estimate of drug-likeness (QED) is 0.807. The van der Waals surface area contributed by atoms with Crippen LogP contribution in [-0.4, -0.2) is 44.9 Å². The molecule has 0 saturated carbocycles. The number of hydrogen-bond acceptors (Lipinski definition) is 4. The maximum absolute atomic E-state index is 12.6. The number of carbonyl (C=O) groups excluding carboxylic acids is 1. The predicted molar refractivity (Wildman–Crippen MR) is 103 cm³/mol. The van der Waals surface area contributed by atoms with Crippen molar-refractivity contribution in [3.63, 3.8) is 0 Å². The molecule has 1 aliphatic rings. The Morgan fingerprint density at radius 1 is 1.30 bits per heavy atom. The van der Waals surface area contributed by atoms with Gasteiger partial charge in [-0.3, -0.25) is 9.36 Å². The van der Waals surface area contributed by atoms with Crippen molar-refractivity contribution in [2.24, 2.45) is 7.05 Å². The number of amides is 1. The van der Waals surface area contributed by atoms with Crippen LogP contribution >= 0.6 is 0 Å². The molecular formula is C20H28N4O3. The number of likely N-dealkylation sites (tertiary alicyclic amines) is 1. The second kappa shape index (κ2) is 7.98. The second-order valence-corrected chi connectivity index (χ2v) is 7.51. The molecule has 0 spiro atoms. The first-order valence-electron chi connectivity index (χ1n) is 9.49. The summed E-state index contributed by atoms with van der Waals surface area (Å²) in [6.07, 6.45) is 1.82. The topological polar surface area (TPSA) is 69.4 Å². The molecule has 0 aliphatic carbocycles. The van der Waals surface area contributed by atoms with Crippen LogP contribution in [0.1, 0.15) is 50.0 Å². The van der Waals surface area contributed by atoms with E-state index < -0.39 is 0 Å². The Balaban J connectivity index is 1.67. The molecule has 1 aliphatic heterocycles. The molecule has 27 heavy (non-hydrogen) atoms. The van der Waals surface area contributed by atoms with Crippen molar-refractivity contribution in [2.45, 2.75) is 45.6 Å². The standard InChI is InChI=1S/C20H28N4O3/c1-14(2)24-19(21-22(4)20(24)26)16-6-5-11-23(12-16)18(25)13-27-17-9-7-15(3)8-10-17/h7-10,14,16H,5-6,11-13H2,1-4H3. The molecule has 1 aromatic heterocycles. The first-order valence-corrected chi connectivity index (χ1v) is 9.49. The fraction of sp³-hybridized carbons (Fsp3) is 0.550. The van der Waals surface area contributed by atoms with E-state index in [-0.39, 0.29) is 30.2 Å². The second-order valence-electron chi connectivity index (χ2n) is 7.51. The summed E-state index contributed by atoms with van der Waals surface area (Å²) in [5.74, 6) is 1.50.